The Kier molecular flexibility index (Phi) is 4.94. The van der Waals surface area contributed by atoms with Crippen LogP contribution >= 0.6 is 0 Å². The summed E-state index contributed by atoms with van der Waals surface area (Å²) in [7, 11) is 1.83. The standard InChI is InChI=1S/C20H21N7O2/c1-4-29-20(28)15-12-23-19-17(13(2)25-26(19)3)18(15)22-11-14-6-8-21-16(10-14)27-9-5-7-24-27/h5-10,12H,4,11H2,1-3H3,(H,22,23). The lowest BCUT2D eigenvalue weighted by Gasteiger charge is -2.13. The first-order valence-corrected chi connectivity index (χ1v) is 9.26. The predicted octanol–water partition coefficient (Wildman–Crippen LogP) is 2.65. The van der Waals surface area contributed by atoms with Crippen molar-refractivity contribution < 1.29 is 9.53 Å². The zero-order chi connectivity index (χ0) is 20.4. The fourth-order valence-electron chi connectivity index (χ4n) is 3.25. The van der Waals surface area contributed by atoms with E-state index in [1.807, 2.05) is 38.4 Å². The quantitative estimate of drug-likeness (QED) is 0.504. The van der Waals surface area contributed by atoms with E-state index in [2.05, 4.69) is 25.5 Å². The summed E-state index contributed by atoms with van der Waals surface area (Å²) < 4.78 is 8.62. The summed E-state index contributed by atoms with van der Waals surface area (Å²) >= 11 is 0. The average molecular weight is 391 g/mol. The van der Waals surface area contributed by atoms with Crippen LogP contribution in [0, 0.1) is 6.92 Å². The van der Waals surface area contributed by atoms with Crippen molar-refractivity contribution in [1.29, 1.82) is 0 Å². The van der Waals surface area contributed by atoms with E-state index in [1.54, 1.807) is 28.7 Å². The van der Waals surface area contributed by atoms with Gasteiger partial charge in [-0.15, -0.1) is 0 Å². The molecule has 9 nitrogen and oxygen atoms in total. The molecule has 0 aliphatic carbocycles. The topological polar surface area (TPSA) is 99.7 Å². The molecule has 4 aromatic rings. The Morgan fingerprint density at radius 3 is 2.90 bits per heavy atom. The molecule has 9 heteroatoms. The molecular formula is C20H21N7O2. The zero-order valence-corrected chi connectivity index (χ0v) is 16.5. The van der Waals surface area contributed by atoms with Gasteiger partial charge in [0.25, 0.3) is 0 Å². The number of pyridine rings is 2. The van der Waals surface area contributed by atoms with E-state index in [0.29, 0.717) is 30.0 Å². The predicted molar refractivity (Wildman–Crippen MR) is 108 cm³/mol. The molecule has 4 aromatic heterocycles. The molecule has 0 aliphatic rings. The zero-order valence-electron chi connectivity index (χ0n) is 16.5. The van der Waals surface area contributed by atoms with E-state index in [1.165, 1.54) is 6.20 Å². The molecule has 148 valence electrons. The van der Waals surface area contributed by atoms with Gasteiger partial charge in [-0.3, -0.25) is 4.68 Å². The Bertz CT molecular complexity index is 1170. The van der Waals surface area contributed by atoms with Gasteiger partial charge in [-0.1, -0.05) is 0 Å². The Morgan fingerprint density at radius 1 is 1.28 bits per heavy atom. The molecule has 4 rings (SSSR count). The van der Waals surface area contributed by atoms with Crippen molar-refractivity contribution in [3.63, 3.8) is 0 Å². The van der Waals surface area contributed by atoms with Crippen LogP contribution in [0.2, 0.25) is 0 Å². The minimum atomic E-state index is -0.417. The van der Waals surface area contributed by atoms with Gasteiger partial charge in [0.05, 0.1) is 23.4 Å². The lowest BCUT2D eigenvalue weighted by atomic mass is 10.1. The lowest BCUT2D eigenvalue weighted by molar-refractivity contribution is 0.0527. The highest BCUT2D eigenvalue weighted by molar-refractivity contribution is 6.05. The van der Waals surface area contributed by atoms with Gasteiger partial charge in [0.2, 0.25) is 0 Å². The maximum atomic E-state index is 12.5. The van der Waals surface area contributed by atoms with Gasteiger partial charge in [0.15, 0.2) is 11.5 Å². The molecule has 0 bridgehead atoms. The molecule has 0 atom stereocenters. The summed E-state index contributed by atoms with van der Waals surface area (Å²) in [5, 5.41) is 12.8. The van der Waals surface area contributed by atoms with Crippen LogP contribution in [0.3, 0.4) is 0 Å². The third-order valence-corrected chi connectivity index (χ3v) is 4.54. The van der Waals surface area contributed by atoms with Gasteiger partial charge in [0.1, 0.15) is 5.56 Å². The molecule has 0 amide bonds. The first kappa shape index (κ1) is 18.6. The minimum Gasteiger partial charge on any atom is -0.462 e. The first-order valence-electron chi connectivity index (χ1n) is 9.26. The molecule has 0 unspecified atom stereocenters. The molecule has 0 spiro atoms. The smallest absolute Gasteiger partial charge is 0.341 e. The molecule has 29 heavy (non-hydrogen) atoms. The van der Waals surface area contributed by atoms with Crippen LogP contribution in [0.4, 0.5) is 5.69 Å². The van der Waals surface area contributed by atoms with E-state index < -0.39 is 5.97 Å². The van der Waals surface area contributed by atoms with Gasteiger partial charge in [-0.05, 0) is 37.6 Å². The molecule has 0 aromatic carbocycles. The minimum absolute atomic E-state index is 0.292. The van der Waals surface area contributed by atoms with Crippen LogP contribution in [-0.2, 0) is 18.3 Å². The first-order chi connectivity index (χ1) is 14.1. The number of anilines is 1. The number of carbonyl (C=O) groups is 1. The van der Waals surface area contributed by atoms with Gasteiger partial charge in [-0.2, -0.15) is 10.2 Å². The number of fused-ring (bicyclic) bond motifs is 1. The van der Waals surface area contributed by atoms with E-state index in [-0.39, 0.29) is 0 Å². The summed E-state index contributed by atoms with van der Waals surface area (Å²) in [6.07, 6.45) is 6.81. The second-order valence-electron chi connectivity index (χ2n) is 6.50. The highest BCUT2D eigenvalue weighted by Gasteiger charge is 2.20. The van der Waals surface area contributed by atoms with Crippen molar-refractivity contribution >= 4 is 22.7 Å². The molecule has 0 fully saturated rings. The van der Waals surface area contributed by atoms with E-state index >= 15 is 0 Å². The number of esters is 1. The van der Waals surface area contributed by atoms with Crippen molar-refractivity contribution in [3.8, 4) is 5.82 Å². The largest absolute Gasteiger partial charge is 0.462 e. The molecule has 1 N–H and O–H groups in total. The van der Waals surface area contributed by atoms with Gasteiger partial charge >= 0.3 is 5.97 Å². The molecule has 0 radical (unpaired) electrons. The van der Waals surface area contributed by atoms with Crippen molar-refractivity contribution in [1.82, 2.24) is 29.5 Å². The van der Waals surface area contributed by atoms with Crippen LogP contribution in [0.25, 0.3) is 16.9 Å². The number of ether oxygens (including phenoxy) is 1. The molecule has 4 heterocycles. The normalized spacial score (nSPS) is 11.0. The number of nitrogens with zero attached hydrogens (tertiary/aromatic N) is 6. The lowest BCUT2D eigenvalue weighted by Crippen LogP contribution is -2.12. The van der Waals surface area contributed by atoms with Gasteiger partial charge in [-0.25, -0.2) is 19.4 Å². The Labute approximate surface area is 167 Å². The Balaban J connectivity index is 1.71. The van der Waals surface area contributed by atoms with Crippen LogP contribution in [0.1, 0.15) is 28.5 Å². The Hall–Kier alpha value is -3.75. The summed E-state index contributed by atoms with van der Waals surface area (Å²) in [4.78, 5) is 21.3. The molecule has 0 saturated carbocycles. The number of aromatic nitrogens is 6. The summed E-state index contributed by atoms with van der Waals surface area (Å²) in [6.45, 7) is 4.45. The van der Waals surface area contributed by atoms with E-state index in [0.717, 1.165) is 22.5 Å². The average Bonchev–Trinajstić information content (AvgIpc) is 3.35. The summed E-state index contributed by atoms with van der Waals surface area (Å²) in [6, 6.07) is 5.70. The third kappa shape index (κ3) is 3.54. The SMILES string of the molecule is CCOC(=O)c1cnc2c(c(C)nn2C)c1NCc1ccnc(-n2cccn2)c1. The maximum Gasteiger partial charge on any atom is 0.341 e. The van der Waals surface area contributed by atoms with Crippen molar-refractivity contribution in [2.75, 3.05) is 11.9 Å². The monoisotopic (exact) mass is 391 g/mol. The number of aryl methyl sites for hydroxylation is 2. The fraction of sp³-hybridized carbons (Fsp3) is 0.250. The van der Waals surface area contributed by atoms with E-state index in [9.17, 15) is 4.79 Å². The number of nitrogens with one attached hydrogen (secondary N) is 1. The van der Waals surface area contributed by atoms with Crippen molar-refractivity contribution in [2.45, 2.75) is 20.4 Å². The number of hydrogen-bond donors (Lipinski definition) is 1. The second kappa shape index (κ2) is 7.70. The van der Waals surface area contributed by atoms with Crippen LogP contribution in [0.5, 0.6) is 0 Å². The van der Waals surface area contributed by atoms with Gasteiger partial charge in [0, 0.05) is 38.4 Å². The van der Waals surface area contributed by atoms with Crippen molar-refractivity contribution in [3.05, 3.63) is 59.8 Å². The number of hydrogen-bond acceptors (Lipinski definition) is 7. The van der Waals surface area contributed by atoms with Crippen molar-refractivity contribution in [2.24, 2.45) is 7.05 Å². The molecule has 0 saturated heterocycles. The number of rotatable bonds is 6. The highest BCUT2D eigenvalue weighted by Crippen LogP contribution is 2.29. The fourth-order valence-corrected chi connectivity index (χ4v) is 3.25. The Morgan fingerprint density at radius 2 is 2.14 bits per heavy atom. The molecular weight excluding hydrogens is 370 g/mol. The highest BCUT2D eigenvalue weighted by atomic mass is 16.5. The maximum absolute atomic E-state index is 12.5. The van der Waals surface area contributed by atoms with Crippen LogP contribution in [0.15, 0.2) is 43.0 Å². The third-order valence-electron chi connectivity index (χ3n) is 4.54. The van der Waals surface area contributed by atoms with Crippen LogP contribution in [-0.4, -0.2) is 42.1 Å². The number of carbonyl (C=O) groups excluding carboxylic acids is 1. The summed E-state index contributed by atoms with van der Waals surface area (Å²) in [5.74, 6) is 0.303. The van der Waals surface area contributed by atoms with Gasteiger partial charge < -0.3 is 10.1 Å². The van der Waals surface area contributed by atoms with Crippen LogP contribution < -0.4 is 5.32 Å². The van der Waals surface area contributed by atoms with E-state index in [4.69, 9.17) is 4.74 Å². The molecule has 0 aliphatic heterocycles. The summed E-state index contributed by atoms with van der Waals surface area (Å²) in [5.41, 5.74) is 3.53. The second-order valence-corrected chi connectivity index (χ2v) is 6.50.